The first-order chi connectivity index (χ1) is 8.78. The number of fused-ring (bicyclic) bond motifs is 1. The van der Waals surface area contributed by atoms with Crippen LogP contribution in [-0.2, 0) is 6.54 Å². The zero-order chi connectivity index (χ0) is 12.5. The topological polar surface area (TPSA) is 25.2 Å². The summed E-state index contributed by atoms with van der Waals surface area (Å²) in [5.41, 5.74) is 2.03. The predicted octanol–water partition coefficient (Wildman–Crippen LogP) is 4.53. The van der Waals surface area contributed by atoms with Gasteiger partial charge in [0.1, 0.15) is 5.76 Å². The Morgan fingerprint density at radius 1 is 1.33 bits per heavy atom. The van der Waals surface area contributed by atoms with Crippen molar-refractivity contribution in [2.75, 3.05) is 7.05 Å². The van der Waals surface area contributed by atoms with Crippen molar-refractivity contribution in [3.05, 3.63) is 46.3 Å². The van der Waals surface area contributed by atoms with Crippen molar-refractivity contribution in [3.63, 3.8) is 0 Å². The molecular weight excluding hydrogens is 266 g/mol. The molecule has 0 atom stereocenters. The smallest absolute Gasteiger partial charge is 0.153 e. The van der Waals surface area contributed by atoms with E-state index in [1.165, 1.54) is 5.56 Å². The summed E-state index contributed by atoms with van der Waals surface area (Å²) < 4.78 is 5.83. The number of benzene rings is 1. The highest BCUT2D eigenvalue weighted by Gasteiger charge is 2.10. The largest absolute Gasteiger partial charge is 0.454 e. The van der Waals surface area contributed by atoms with Crippen molar-refractivity contribution in [1.82, 2.24) is 5.32 Å². The van der Waals surface area contributed by atoms with Gasteiger partial charge in [-0.3, -0.25) is 0 Å². The van der Waals surface area contributed by atoms with Gasteiger partial charge in [-0.25, -0.2) is 0 Å². The van der Waals surface area contributed by atoms with E-state index >= 15 is 0 Å². The van der Waals surface area contributed by atoms with Crippen LogP contribution in [0, 0.1) is 0 Å². The molecule has 3 rings (SSSR count). The van der Waals surface area contributed by atoms with Crippen LogP contribution in [0.1, 0.15) is 5.56 Å². The van der Waals surface area contributed by atoms with Crippen molar-refractivity contribution in [2.45, 2.75) is 6.54 Å². The number of nitrogens with one attached hydrogen (secondary N) is 1. The quantitative estimate of drug-likeness (QED) is 0.761. The molecule has 0 spiro atoms. The summed E-state index contributed by atoms with van der Waals surface area (Å²) in [5, 5.41) is 6.98. The minimum atomic E-state index is 0.658. The lowest BCUT2D eigenvalue weighted by atomic mass is 10.2. The second-order valence-electron chi connectivity index (χ2n) is 4.12. The molecule has 0 unspecified atom stereocenters. The second kappa shape index (κ2) is 4.76. The van der Waals surface area contributed by atoms with Crippen molar-refractivity contribution in [3.8, 4) is 10.6 Å². The van der Waals surface area contributed by atoms with Crippen molar-refractivity contribution >= 4 is 33.9 Å². The molecule has 0 saturated heterocycles. The van der Waals surface area contributed by atoms with E-state index in [4.69, 9.17) is 16.0 Å². The molecule has 2 nitrogen and oxygen atoms in total. The first kappa shape index (κ1) is 11.8. The fourth-order valence-corrected chi connectivity index (χ4v) is 3.04. The minimum Gasteiger partial charge on any atom is -0.454 e. The van der Waals surface area contributed by atoms with E-state index in [9.17, 15) is 0 Å². The van der Waals surface area contributed by atoms with Crippen LogP contribution in [0.3, 0.4) is 0 Å². The van der Waals surface area contributed by atoms with Gasteiger partial charge in [-0.15, -0.1) is 11.3 Å². The third-order valence-corrected chi connectivity index (χ3v) is 4.06. The molecule has 0 fully saturated rings. The number of hydrogen-bond acceptors (Lipinski definition) is 3. The van der Waals surface area contributed by atoms with Crippen LogP contribution in [0.25, 0.3) is 21.6 Å². The molecule has 3 aromatic rings. The first-order valence-corrected chi connectivity index (χ1v) is 6.94. The van der Waals surface area contributed by atoms with E-state index in [1.54, 1.807) is 11.3 Å². The van der Waals surface area contributed by atoms with Crippen molar-refractivity contribution in [1.29, 1.82) is 0 Å². The Bertz CT molecular complexity index is 686. The van der Waals surface area contributed by atoms with Crippen LogP contribution in [0.5, 0.6) is 0 Å². The lowest BCUT2D eigenvalue weighted by Gasteiger charge is -1.92. The number of thiophene rings is 1. The molecule has 0 aliphatic carbocycles. The molecular formula is C14H12ClNOS. The maximum absolute atomic E-state index is 6.11. The summed E-state index contributed by atoms with van der Waals surface area (Å²) in [5.74, 6) is 0.880. The fraction of sp³-hybridized carbons (Fsp3) is 0.143. The average molecular weight is 278 g/mol. The van der Waals surface area contributed by atoms with Gasteiger partial charge in [0.25, 0.3) is 0 Å². The highest BCUT2D eigenvalue weighted by atomic mass is 35.5. The number of para-hydroxylation sites is 1. The van der Waals surface area contributed by atoms with E-state index in [1.807, 2.05) is 31.3 Å². The molecule has 4 heteroatoms. The molecule has 0 saturated carbocycles. The average Bonchev–Trinajstić information content (AvgIpc) is 2.96. The molecule has 2 heterocycles. The van der Waals surface area contributed by atoms with Gasteiger partial charge in [-0.2, -0.15) is 0 Å². The Labute approximate surface area is 114 Å². The third kappa shape index (κ3) is 2.05. The molecule has 1 N–H and O–H groups in total. The molecule has 0 radical (unpaired) electrons. The number of rotatable bonds is 3. The summed E-state index contributed by atoms with van der Waals surface area (Å²) in [6.07, 6.45) is 0. The molecule has 2 aromatic heterocycles. The Morgan fingerprint density at radius 3 is 3.00 bits per heavy atom. The van der Waals surface area contributed by atoms with Gasteiger partial charge in [0.05, 0.1) is 9.90 Å². The maximum Gasteiger partial charge on any atom is 0.153 e. The Balaban J connectivity index is 2.05. The molecule has 18 heavy (non-hydrogen) atoms. The van der Waals surface area contributed by atoms with Crippen molar-refractivity contribution < 1.29 is 4.42 Å². The number of furan rings is 1. The summed E-state index contributed by atoms with van der Waals surface area (Å²) in [6, 6.07) is 9.97. The van der Waals surface area contributed by atoms with Crippen LogP contribution < -0.4 is 5.32 Å². The van der Waals surface area contributed by atoms with Crippen LogP contribution in [0.4, 0.5) is 0 Å². The van der Waals surface area contributed by atoms with E-state index in [-0.39, 0.29) is 0 Å². The van der Waals surface area contributed by atoms with Crippen molar-refractivity contribution in [2.24, 2.45) is 0 Å². The summed E-state index contributed by atoms with van der Waals surface area (Å²) in [6.45, 7) is 0.873. The SMILES string of the molecule is CNCc1csc(-c2cc3cccc(Cl)c3o2)c1. The predicted molar refractivity (Wildman–Crippen MR) is 77.3 cm³/mol. The van der Waals surface area contributed by atoms with Gasteiger partial charge in [-0.05, 0) is 36.2 Å². The lowest BCUT2D eigenvalue weighted by molar-refractivity contribution is 0.633. The second-order valence-corrected chi connectivity index (χ2v) is 5.44. The van der Waals surface area contributed by atoms with Gasteiger partial charge in [-0.1, -0.05) is 23.7 Å². The maximum atomic E-state index is 6.11. The number of hydrogen-bond donors (Lipinski definition) is 1. The summed E-state index contributed by atoms with van der Waals surface area (Å²) >= 11 is 7.80. The molecule has 0 aliphatic heterocycles. The van der Waals surface area contributed by atoms with E-state index in [2.05, 4.69) is 16.8 Å². The molecule has 92 valence electrons. The third-order valence-electron chi connectivity index (χ3n) is 2.77. The highest BCUT2D eigenvalue weighted by Crippen LogP contribution is 2.34. The van der Waals surface area contributed by atoms with E-state index in [0.29, 0.717) is 5.02 Å². The van der Waals surface area contributed by atoms with Gasteiger partial charge >= 0.3 is 0 Å². The highest BCUT2D eigenvalue weighted by molar-refractivity contribution is 7.13. The van der Waals surface area contributed by atoms with E-state index in [0.717, 1.165) is 28.2 Å². The van der Waals surface area contributed by atoms with Gasteiger partial charge in [0.2, 0.25) is 0 Å². The lowest BCUT2D eigenvalue weighted by Crippen LogP contribution is -2.03. The first-order valence-electron chi connectivity index (χ1n) is 5.68. The van der Waals surface area contributed by atoms with Gasteiger partial charge in [0, 0.05) is 11.9 Å². The fourth-order valence-electron chi connectivity index (χ4n) is 1.95. The Morgan fingerprint density at radius 2 is 2.22 bits per heavy atom. The molecule has 1 aromatic carbocycles. The zero-order valence-corrected chi connectivity index (χ0v) is 11.4. The number of halogens is 1. The van der Waals surface area contributed by atoms with Gasteiger partial charge < -0.3 is 9.73 Å². The zero-order valence-electron chi connectivity index (χ0n) is 9.87. The monoisotopic (exact) mass is 277 g/mol. The Kier molecular flexibility index (Phi) is 3.12. The van der Waals surface area contributed by atoms with E-state index < -0.39 is 0 Å². The molecule has 0 aliphatic rings. The normalized spacial score (nSPS) is 11.2. The summed E-state index contributed by atoms with van der Waals surface area (Å²) in [7, 11) is 1.94. The summed E-state index contributed by atoms with van der Waals surface area (Å²) in [4.78, 5) is 1.13. The molecule has 0 bridgehead atoms. The van der Waals surface area contributed by atoms with Crippen LogP contribution in [0.2, 0.25) is 5.02 Å². The van der Waals surface area contributed by atoms with Gasteiger partial charge in [0.15, 0.2) is 5.58 Å². The van der Waals surface area contributed by atoms with Crippen LogP contribution >= 0.6 is 22.9 Å². The Hall–Kier alpha value is -1.29. The van der Waals surface area contributed by atoms with Crippen LogP contribution in [-0.4, -0.2) is 7.05 Å². The van der Waals surface area contributed by atoms with Crippen LogP contribution in [0.15, 0.2) is 40.1 Å². The standard InChI is InChI=1S/C14H12ClNOS/c1-16-7-9-5-13(18-8-9)12-6-10-3-2-4-11(15)14(10)17-12/h2-6,8,16H,7H2,1H3. The minimum absolute atomic E-state index is 0.658. The molecule has 0 amide bonds.